The third kappa shape index (κ3) is 3.30. The number of hydrogen-bond donors (Lipinski definition) is 2. The van der Waals surface area contributed by atoms with Crippen molar-refractivity contribution in [3.8, 4) is 0 Å². The first-order valence-electron chi connectivity index (χ1n) is 5.95. The molecule has 2 aromatic carbocycles. The van der Waals surface area contributed by atoms with Crippen molar-refractivity contribution in [2.45, 2.75) is 6.92 Å². The SMILES string of the molecule is Cc1cccc([N+](=O)[O-])c1NC(=S)Nc1ccccc1. The fraction of sp³-hybridized carbons (Fsp3) is 0.0714. The Labute approximate surface area is 121 Å². The summed E-state index contributed by atoms with van der Waals surface area (Å²) in [4.78, 5) is 10.6. The van der Waals surface area contributed by atoms with E-state index in [1.54, 1.807) is 19.1 Å². The summed E-state index contributed by atoms with van der Waals surface area (Å²) >= 11 is 5.18. The van der Waals surface area contributed by atoms with Crippen LogP contribution in [0.25, 0.3) is 0 Å². The topological polar surface area (TPSA) is 67.2 Å². The molecule has 20 heavy (non-hydrogen) atoms. The molecule has 0 radical (unpaired) electrons. The van der Waals surface area contributed by atoms with E-state index in [1.807, 2.05) is 30.3 Å². The molecule has 0 atom stereocenters. The summed E-state index contributed by atoms with van der Waals surface area (Å²) in [6.07, 6.45) is 0. The molecule has 0 unspecified atom stereocenters. The predicted octanol–water partition coefficient (Wildman–Crippen LogP) is 3.71. The van der Waals surface area contributed by atoms with Gasteiger partial charge < -0.3 is 10.6 Å². The number of rotatable bonds is 3. The zero-order chi connectivity index (χ0) is 14.5. The number of anilines is 2. The minimum Gasteiger partial charge on any atom is -0.332 e. The van der Waals surface area contributed by atoms with Crippen LogP contribution in [-0.4, -0.2) is 10.0 Å². The minimum atomic E-state index is -0.430. The normalized spacial score (nSPS) is 9.85. The zero-order valence-corrected chi connectivity index (χ0v) is 11.6. The number of aryl methyl sites for hydroxylation is 1. The van der Waals surface area contributed by atoms with Gasteiger partial charge in [-0.1, -0.05) is 30.3 Å². The largest absolute Gasteiger partial charge is 0.332 e. The summed E-state index contributed by atoms with van der Waals surface area (Å²) in [5.41, 5.74) is 1.99. The van der Waals surface area contributed by atoms with Crippen LogP contribution in [0.3, 0.4) is 0 Å². The van der Waals surface area contributed by atoms with E-state index >= 15 is 0 Å². The highest BCUT2D eigenvalue weighted by molar-refractivity contribution is 7.80. The van der Waals surface area contributed by atoms with Crippen molar-refractivity contribution >= 4 is 34.4 Å². The van der Waals surface area contributed by atoms with E-state index in [1.165, 1.54) is 6.07 Å². The molecule has 2 N–H and O–H groups in total. The first-order valence-corrected chi connectivity index (χ1v) is 6.36. The van der Waals surface area contributed by atoms with E-state index in [-0.39, 0.29) is 5.69 Å². The Morgan fingerprint density at radius 2 is 1.80 bits per heavy atom. The second-order valence-corrected chi connectivity index (χ2v) is 4.58. The fourth-order valence-corrected chi connectivity index (χ4v) is 1.98. The number of nitro groups is 1. The molecule has 102 valence electrons. The van der Waals surface area contributed by atoms with Crippen LogP contribution < -0.4 is 10.6 Å². The van der Waals surface area contributed by atoms with Crippen LogP contribution in [0.4, 0.5) is 17.1 Å². The Morgan fingerprint density at radius 1 is 1.10 bits per heavy atom. The number of benzene rings is 2. The van der Waals surface area contributed by atoms with Crippen molar-refractivity contribution in [3.63, 3.8) is 0 Å². The number of thiocarbonyl (C=S) groups is 1. The summed E-state index contributed by atoms with van der Waals surface area (Å²) in [6.45, 7) is 1.79. The maximum absolute atomic E-state index is 11.0. The number of nitrogens with zero attached hydrogens (tertiary/aromatic N) is 1. The third-order valence-corrected chi connectivity index (χ3v) is 2.92. The lowest BCUT2D eigenvalue weighted by Gasteiger charge is -2.12. The molecule has 0 aliphatic carbocycles. The molecule has 0 aliphatic rings. The second-order valence-electron chi connectivity index (χ2n) is 4.17. The van der Waals surface area contributed by atoms with Gasteiger partial charge in [0.05, 0.1) is 4.92 Å². The van der Waals surface area contributed by atoms with Crippen LogP contribution in [-0.2, 0) is 0 Å². The lowest BCUT2D eigenvalue weighted by Crippen LogP contribution is -2.20. The molecular weight excluding hydrogens is 274 g/mol. The molecule has 0 aromatic heterocycles. The van der Waals surface area contributed by atoms with Gasteiger partial charge in [-0.05, 0) is 36.8 Å². The van der Waals surface area contributed by atoms with Gasteiger partial charge in [0.15, 0.2) is 5.11 Å². The Morgan fingerprint density at radius 3 is 2.45 bits per heavy atom. The molecule has 0 fully saturated rings. The van der Waals surface area contributed by atoms with Crippen molar-refractivity contribution < 1.29 is 4.92 Å². The second kappa shape index (κ2) is 6.12. The van der Waals surface area contributed by atoms with Crippen LogP contribution in [0.1, 0.15) is 5.56 Å². The van der Waals surface area contributed by atoms with Crippen LogP contribution in [0.15, 0.2) is 48.5 Å². The molecule has 0 aliphatic heterocycles. The van der Waals surface area contributed by atoms with Gasteiger partial charge in [-0.3, -0.25) is 10.1 Å². The van der Waals surface area contributed by atoms with Crippen molar-refractivity contribution in [1.82, 2.24) is 0 Å². The minimum absolute atomic E-state index is 0.00205. The smallest absolute Gasteiger partial charge is 0.293 e. The maximum Gasteiger partial charge on any atom is 0.293 e. The molecular formula is C14H13N3O2S. The highest BCUT2D eigenvalue weighted by Crippen LogP contribution is 2.27. The van der Waals surface area contributed by atoms with Gasteiger partial charge in [0.2, 0.25) is 0 Å². The van der Waals surface area contributed by atoms with Gasteiger partial charge in [0, 0.05) is 11.8 Å². The monoisotopic (exact) mass is 287 g/mol. The number of nitrogens with one attached hydrogen (secondary N) is 2. The van der Waals surface area contributed by atoms with Crippen molar-refractivity contribution in [1.29, 1.82) is 0 Å². The standard InChI is InChI=1S/C14H13N3O2S/c1-10-6-5-9-12(17(18)19)13(10)16-14(20)15-11-7-3-2-4-8-11/h2-9H,1H3,(H2,15,16,20). The molecule has 6 heteroatoms. The quantitative estimate of drug-likeness (QED) is 0.511. The summed E-state index contributed by atoms with van der Waals surface area (Å²) in [6, 6.07) is 14.3. The molecule has 0 saturated heterocycles. The van der Waals surface area contributed by atoms with Gasteiger partial charge in [-0.15, -0.1) is 0 Å². The van der Waals surface area contributed by atoms with Crippen LogP contribution in [0, 0.1) is 17.0 Å². The van der Waals surface area contributed by atoms with Gasteiger partial charge in [-0.25, -0.2) is 0 Å². The van der Waals surface area contributed by atoms with Crippen LogP contribution in [0.5, 0.6) is 0 Å². The third-order valence-electron chi connectivity index (χ3n) is 2.72. The summed E-state index contributed by atoms with van der Waals surface area (Å²) in [5.74, 6) is 0. The average molecular weight is 287 g/mol. The molecule has 0 saturated carbocycles. The molecule has 0 bridgehead atoms. The zero-order valence-electron chi connectivity index (χ0n) is 10.8. The van der Waals surface area contributed by atoms with E-state index in [4.69, 9.17) is 12.2 Å². The highest BCUT2D eigenvalue weighted by atomic mass is 32.1. The Bertz CT molecular complexity index is 644. The van der Waals surface area contributed by atoms with Crippen molar-refractivity contribution in [2.75, 3.05) is 10.6 Å². The summed E-state index contributed by atoms with van der Waals surface area (Å²) < 4.78 is 0. The summed E-state index contributed by atoms with van der Waals surface area (Å²) in [5, 5.41) is 17.2. The fourth-order valence-electron chi connectivity index (χ4n) is 1.76. The van der Waals surface area contributed by atoms with Gasteiger partial charge in [0.1, 0.15) is 5.69 Å². The van der Waals surface area contributed by atoms with Gasteiger partial charge in [0.25, 0.3) is 5.69 Å². The number of para-hydroxylation sites is 2. The Balaban J connectivity index is 2.18. The number of nitro benzene ring substituents is 1. The first kappa shape index (κ1) is 14.0. The molecule has 2 aromatic rings. The Kier molecular flexibility index (Phi) is 4.27. The molecule has 0 spiro atoms. The lowest BCUT2D eigenvalue weighted by atomic mass is 10.1. The van der Waals surface area contributed by atoms with Crippen molar-refractivity contribution in [3.05, 3.63) is 64.2 Å². The molecule has 2 rings (SSSR count). The van der Waals surface area contributed by atoms with E-state index in [9.17, 15) is 10.1 Å². The summed E-state index contributed by atoms with van der Waals surface area (Å²) in [7, 11) is 0. The predicted molar refractivity (Wildman–Crippen MR) is 84.1 cm³/mol. The van der Waals surface area contributed by atoms with E-state index in [0.29, 0.717) is 10.8 Å². The lowest BCUT2D eigenvalue weighted by molar-refractivity contribution is -0.383. The van der Waals surface area contributed by atoms with E-state index < -0.39 is 4.92 Å². The van der Waals surface area contributed by atoms with Gasteiger partial charge >= 0.3 is 0 Å². The van der Waals surface area contributed by atoms with E-state index in [0.717, 1.165) is 11.3 Å². The molecule has 0 heterocycles. The maximum atomic E-state index is 11.0. The van der Waals surface area contributed by atoms with Crippen molar-refractivity contribution in [2.24, 2.45) is 0 Å². The highest BCUT2D eigenvalue weighted by Gasteiger charge is 2.16. The van der Waals surface area contributed by atoms with Crippen LogP contribution in [0.2, 0.25) is 0 Å². The first-order chi connectivity index (χ1) is 9.58. The van der Waals surface area contributed by atoms with E-state index in [2.05, 4.69) is 10.6 Å². The van der Waals surface area contributed by atoms with Crippen LogP contribution >= 0.6 is 12.2 Å². The average Bonchev–Trinajstić information content (AvgIpc) is 2.42. The van der Waals surface area contributed by atoms with Gasteiger partial charge in [-0.2, -0.15) is 0 Å². The molecule has 0 amide bonds. The number of hydrogen-bond acceptors (Lipinski definition) is 3. The molecule has 5 nitrogen and oxygen atoms in total. The Hall–Kier alpha value is -2.47.